The smallest absolute Gasteiger partial charge is 0.242 e. The number of hydrogen-bond donors (Lipinski definition) is 1. The molecule has 192 valence electrons. The van der Waals surface area contributed by atoms with E-state index in [9.17, 15) is 18.0 Å². The first-order valence-electron chi connectivity index (χ1n) is 11.8. The molecule has 0 unspecified atom stereocenters. The first-order valence-corrected chi connectivity index (χ1v) is 13.6. The minimum absolute atomic E-state index is 0.0396. The van der Waals surface area contributed by atoms with Gasteiger partial charge in [0.2, 0.25) is 21.8 Å². The van der Waals surface area contributed by atoms with Crippen molar-refractivity contribution in [2.24, 2.45) is 0 Å². The Hall–Kier alpha value is -3.07. The second-order valence-electron chi connectivity index (χ2n) is 8.80. The van der Waals surface area contributed by atoms with Gasteiger partial charge in [0, 0.05) is 31.6 Å². The van der Waals surface area contributed by atoms with E-state index in [0.717, 1.165) is 11.8 Å². The Labute approximate surface area is 209 Å². The topological polar surface area (TPSA) is 96.0 Å². The van der Waals surface area contributed by atoms with E-state index in [1.807, 2.05) is 44.2 Å². The Balaban J connectivity index is 2.12. The number of nitrogens with zero attached hydrogens (tertiary/aromatic N) is 2. The number of carbonyl (C=O) groups is 2. The second kappa shape index (κ2) is 13.1. The lowest BCUT2D eigenvalue weighted by Gasteiger charge is -2.30. The molecule has 1 N–H and O–H groups in total. The minimum atomic E-state index is -3.56. The summed E-state index contributed by atoms with van der Waals surface area (Å²) >= 11 is 0. The van der Waals surface area contributed by atoms with E-state index in [1.165, 1.54) is 11.4 Å². The van der Waals surface area contributed by atoms with Gasteiger partial charge in [0.25, 0.3) is 0 Å². The van der Waals surface area contributed by atoms with Crippen LogP contribution in [0.15, 0.2) is 54.6 Å². The van der Waals surface area contributed by atoms with Crippen LogP contribution >= 0.6 is 0 Å². The van der Waals surface area contributed by atoms with Crippen LogP contribution in [0.5, 0.6) is 5.75 Å². The molecule has 0 spiro atoms. The highest BCUT2D eigenvalue weighted by atomic mass is 32.2. The maximum absolute atomic E-state index is 13.2. The van der Waals surface area contributed by atoms with Gasteiger partial charge < -0.3 is 15.0 Å². The van der Waals surface area contributed by atoms with Crippen molar-refractivity contribution >= 4 is 27.5 Å². The van der Waals surface area contributed by atoms with Gasteiger partial charge in [-0.3, -0.25) is 13.9 Å². The van der Waals surface area contributed by atoms with Crippen LogP contribution in [0.2, 0.25) is 0 Å². The van der Waals surface area contributed by atoms with Crippen molar-refractivity contribution in [2.45, 2.75) is 52.1 Å². The summed E-state index contributed by atoms with van der Waals surface area (Å²) in [5.74, 6) is 0.145. The molecule has 9 heteroatoms. The number of benzene rings is 2. The van der Waals surface area contributed by atoms with E-state index in [1.54, 1.807) is 36.1 Å². The van der Waals surface area contributed by atoms with Gasteiger partial charge in [0.1, 0.15) is 11.8 Å². The van der Waals surface area contributed by atoms with Crippen LogP contribution in [0.1, 0.15) is 39.2 Å². The Morgan fingerprint density at radius 2 is 1.69 bits per heavy atom. The molecular weight excluding hydrogens is 466 g/mol. The maximum Gasteiger partial charge on any atom is 0.242 e. The summed E-state index contributed by atoms with van der Waals surface area (Å²) in [7, 11) is -2.04. The third-order valence-corrected chi connectivity index (χ3v) is 6.77. The molecular formula is C26H37N3O5S. The van der Waals surface area contributed by atoms with Crippen LogP contribution in [-0.2, 0) is 26.0 Å². The first-order chi connectivity index (χ1) is 16.5. The van der Waals surface area contributed by atoms with Crippen molar-refractivity contribution in [3.05, 3.63) is 60.2 Å². The van der Waals surface area contributed by atoms with Gasteiger partial charge in [-0.05, 0) is 51.3 Å². The van der Waals surface area contributed by atoms with Gasteiger partial charge in [0.15, 0.2) is 0 Å². The molecule has 0 radical (unpaired) electrons. The van der Waals surface area contributed by atoms with Crippen molar-refractivity contribution in [1.82, 2.24) is 10.2 Å². The largest absolute Gasteiger partial charge is 0.497 e. The van der Waals surface area contributed by atoms with Crippen molar-refractivity contribution in [2.75, 3.05) is 30.8 Å². The summed E-state index contributed by atoms with van der Waals surface area (Å²) in [4.78, 5) is 27.5. The maximum atomic E-state index is 13.2. The number of ether oxygens (including phenoxy) is 1. The van der Waals surface area contributed by atoms with E-state index < -0.39 is 16.1 Å². The summed E-state index contributed by atoms with van der Waals surface area (Å²) < 4.78 is 31.4. The molecule has 0 bridgehead atoms. The van der Waals surface area contributed by atoms with E-state index in [0.29, 0.717) is 30.8 Å². The minimum Gasteiger partial charge on any atom is -0.497 e. The molecule has 0 aliphatic heterocycles. The predicted octanol–water partition coefficient (Wildman–Crippen LogP) is 3.23. The second-order valence-corrected chi connectivity index (χ2v) is 10.7. The normalized spacial score (nSPS) is 12.2. The zero-order chi connectivity index (χ0) is 26.0. The number of methoxy groups -OCH3 is 1. The average Bonchev–Trinajstić information content (AvgIpc) is 2.81. The third-order valence-electron chi connectivity index (χ3n) is 5.58. The number of anilines is 1. The SMILES string of the molecule is COc1cccc(N(CCCC(=O)N(CCc2ccccc2)[C@H](C)C(=O)NC(C)C)S(C)(=O)=O)c1. The highest BCUT2D eigenvalue weighted by Gasteiger charge is 2.26. The Morgan fingerprint density at radius 3 is 2.29 bits per heavy atom. The zero-order valence-corrected chi connectivity index (χ0v) is 22.0. The molecule has 0 heterocycles. The van der Waals surface area contributed by atoms with Gasteiger partial charge in [-0.2, -0.15) is 0 Å². The molecule has 0 saturated carbocycles. The Kier molecular flexibility index (Phi) is 10.6. The summed E-state index contributed by atoms with van der Waals surface area (Å²) in [6.07, 6.45) is 2.18. The lowest BCUT2D eigenvalue weighted by molar-refractivity contribution is -0.140. The molecule has 2 rings (SSSR count). The number of sulfonamides is 1. The molecule has 0 aliphatic rings. The molecule has 0 saturated heterocycles. The van der Waals surface area contributed by atoms with Crippen LogP contribution in [0.3, 0.4) is 0 Å². The molecule has 2 aromatic carbocycles. The Morgan fingerprint density at radius 1 is 1.00 bits per heavy atom. The Bertz CT molecular complexity index is 1070. The van der Waals surface area contributed by atoms with Crippen molar-refractivity contribution in [3.8, 4) is 5.75 Å². The number of nitrogens with one attached hydrogen (secondary N) is 1. The molecule has 8 nitrogen and oxygen atoms in total. The fraction of sp³-hybridized carbons (Fsp3) is 0.462. The van der Waals surface area contributed by atoms with E-state index in [4.69, 9.17) is 4.74 Å². The molecule has 0 fully saturated rings. The van der Waals surface area contributed by atoms with Gasteiger partial charge in [0.05, 0.1) is 19.1 Å². The molecule has 2 aromatic rings. The molecule has 35 heavy (non-hydrogen) atoms. The molecule has 0 aliphatic carbocycles. The summed E-state index contributed by atoms with van der Waals surface area (Å²) in [5.41, 5.74) is 1.55. The summed E-state index contributed by atoms with van der Waals surface area (Å²) in [5, 5.41) is 2.87. The van der Waals surface area contributed by atoms with Gasteiger partial charge in [-0.25, -0.2) is 8.42 Å². The highest BCUT2D eigenvalue weighted by molar-refractivity contribution is 7.92. The van der Waals surface area contributed by atoms with E-state index >= 15 is 0 Å². The van der Waals surface area contributed by atoms with Crippen molar-refractivity contribution in [3.63, 3.8) is 0 Å². The molecule has 0 aromatic heterocycles. The van der Waals surface area contributed by atoms with Crippen molar-refractivity contribution in [1.29, 1.82) is 0 Å². The van der Waals surface area contributed by atoms with Crippen molar-refractivity contribution < 1.29 is 22.7 Å². The van der Waals surface area contributed by atoms with Crippen LogP contribution in [-0.4, -0.2) is 63.7 Å². The number of rotatable bonds is 13. The van der Waals surface area contributed by atoms with Gasteiger partial charge in [-0.1, -0.05) is 36.4 Å². The van der Waals surface area contributed by atoms with E-state index in [-0.39, 0.29) is 30.8 Å². The molecule has 1 atom stereocenters. The van der Waals surface area contributed by atoms with Crippen LogP contribution < -0.4 is 14.4 Å². The van der Waals surface area contributed by atoms with Crippen LogP contribution in [0.4, 0.5) is 5.69 Å². The first kappa shape index (κ1) is 28.2. The lowest BCUT2D eigenvalue weighted by Crippen LogP contribution is -2.50. The fourth-order valence-corrected chi connectivity index (χ4v) is 4.70. The average molecular weight is 504 g/mol. The van der Waals surface area contributed by atoms with Crippen LogP contribution in [0, 0.1) is 0 Å². The highest BCUT2D eigenvalue weighted by Crippen LogP contribution is 2.23. The zero-order valence-electron chi connectivity index (χ0n) is 21.2. The van der Waals surface area contributed by atoms with Crippen LogP contribution in [0.25, 0.3) is 0 Å². The number of carbonyl (C=O) groups excluding carboxylic acids is 2. The summed E-state index contributed by atoms with van der Waals surface area (Å²) in [6.45, 7) is 6.00. The third kappa shape index (κ3) is 8.90. The number of hydrogen-bond acceptors (Lipinski definition) is 5. The monoisotopic (exact) mass is 503 g/mol. The molecule has 2 amide bonds. The number of amides is 2. The lowest BCUT2D eigenvalue weighted by atomic mass is 10.1. The quantitative estimate of drug-likeness (QED) is 0.453. The predicted molar refractivity (Wildman–Crippen MR) is 139 cm³/mol. The fourth-order valence-electron chi connectivity index (χ4n) is 3.74. The standard InChI is InChI=1S/C26H37N3O5S/c1-20(2)27-26(31)21(3)28(18-16-22-11-7-6-8-12-22)25(30)15-10-17-29(35(5,32)33)23-13-9-14-24(19-23)34-4/h6-9,11-14,19-21H,10,15-18H2,1-5H3,(H,27,31)/t21-/m1/s1. The van der Waals surface area contributed by atoms with E-state index in [2.05, 4.69) is 5.32 Å². The van der Waals surface area contributed by atoms with Gasteiger partial charge in [-0.15, -0.1) is 0 Å². The summed E-state index contributed by atoms with van der Waals surface area (Å²) in [6, 6.07) is 15.9. The van der Waals surface area contributed by atoms with Gasteiger partial charge >= 0.3 is 0 Å².